The van der Waals surface area contributed by atoms with Crippen molar-refractivity contribution in [2.45, 2.75) is 64.3 Å². The van der Waals surface area contributed by atoms with Gasteiger partial charge in [-0.3, -0.25) is 4.79 Å². The maximum Gasteiger partial charge on any atom is 0.328 e. The smallest absolute Gasteiger partial charge is 0.328 e. The fourth-order valence-electron chi connectivity index (χ4n) is 2.14. The van der Waals surface area contributed by atoms with Crippen LogP contribution in [0.4, 0.5) is 0 Å². The van der Waals surface area contributed by atoms with Gasteiger partial charge in [0.2, 0.25) is 5.91 Å². The molecule has 0 aliphatic carbocycles. The van der Waals surface area contributed by atoms with Gasteiger partial charge in [0.05, 0.1) is 13.2 Å². The van der Waals surface area contributed by atoms with Crippen LogP contribution in [0.3, 0.4) is 0 Å². The molecule has 1 fully saturated rings. The Morgan fingerprint density at radius 1 is 1.24 bits per heavy atom. The van der Waals surface area contributed by atoms with Gasteiger partial charge in [-0.1, -0.05) is 39.0 Å². The Kier molecular flexibility index (Phi) is 12.5. The molecule has 0 bridgehead atoms. The predicted molar refractivity (Wildman–Crippen MR) is 86.7 cm³/mol. The molecule has 0 unspecified atom stereocenters. The van der Waals surface area contributed by atoms with Crippen LogP contribution in [0.25, 0.3) is 0 Å². The second-order valence-electron chi connectivity index (χ2n) is 5.21. The van der Waals surface area contributed by atoms with Crippen molar-refractivity contribution in [2.75, 3.05) is 19.8 Å². The molecule has 0 aromatic carbocycles. The quantitative estimate of drug-likeness (QED) is 0.469. The number of carbonyl (C=O) groups is 2. The molecule has 0 saturated carbocycles. The number of hydrogen-bond donors (Lipinski definition) is 1. The molecule has 6 heteroatoms. The third kappa shape index (κ3) is 9.74. The zero-order chi connectivity index (χ0) is 14.6. The van der Waals surface area contributed by atoms with Crippen molar-refractivity contribution in [3.63, 3.8) is 0 Å². The molecular weight excluding hydrogens is 290 g/mol. The molecule has 1 N–H and O–H groups in total. The molecule has 5 nitrogen and oxygen atoms in total. The number of hydrogen-bond acceptors (Lipinski definition) is 4. The molecule has 1 saturated heterocycles. The van der Waals surface area contributed by atoms with Crippen molar-refractivity contribution < 1.29 is 19.1 Å². The lowest BCUT2D eigenvalue weighted by atomic mass is 10.1. The largest absolute Gasteiger partial charge is 0.464 e. The van der Waals surface area contributed by atoms with E-state index < -0.39 is 6.04 Å². The highest BCUT2D eigenvalue weighted by Crippen LogP contribution is 2.06. The first kappa shape index (κ1) is 20.2. The third-order valence-corrected chi connectivity index (χ3v) is 3.39. The summed E-state index contributed by atoms with van der Waals surface area (Å²) in [6.07, 6.45) is 8.27. The van der Waals surface area contributed by atoms with Gasteiger partial charge in [-0.15, -0.1) is 0 Å². The average Bonchev–Trinajstić information content (AvgIpc) is 2.82. The van der Waals surface area contributed by atoms with E-state index in [9.17, 15) is 9.59 Å². The number of unbranched alkanes of at least 4 members (excludes halogenated alkanes) is 5. The number of nitrogens with one attached hydrogen (secondary N) is 1. The maximum absolute atomic E-state index is 11.6. The fourth-order valence-corrected chi connectivity index (χ4v) is 2.14. The normalized spacial score (nSPS) is 17.2. The Balaban J connectivity index is 0.00000400. The van der Waals surface area contributed by atoms with Gasteiger partial charge in [0.15, 0.2) is 0 Å². The molecule has 1 aliphatic heterocycles. The molecule has 0 aromatic heterocycles. The van der Waals surface area contributed by atoms with Crippen LogP contribution >= 0.6 is 13.5 Å². The van der Waals surface area contributed by atoms with Gasteiger partial charge in [-0.05, 0) is 6.42 Å². The Morgan fingerprint density at radius 3 is 2.62 bits per heavy atom. The number of esters is 1. The Bertz CT molecular complexity index is 299. The van der Waals surface area contributed by atoms with Crippen LogP contribution in [-0.2, 0) is 19.1 Å². The van der Waals surface area contributed by atoms with E-state index in [-0.39, 0.29) is 25.4 Å². The first-order valence-electron chi connectivity index (χ1n) is 7.77. The van der Waals surface area contributed by atoms with E-state index >= 15 is 0 Å². The van der Waals surface area contributed by atoms with E-state index in [4.69, 9.17) is 9.47 Å². The predicted octanol–water partition coefficient (Wildman–Crippen LogP) is 2.30. The molecule has 1 atom stereocenters. The first-order chi connectivity index (χ1) is 9.74. The summed E-state index contributed by atoms with van der Waals surface area (Å²) in [6, 6.07) is -0.457. The summed E-state index contributed by atoms with van der Waals surface area (Å²) in [5, 5.41) is 2.66. The maximum atomic E-state index is 11.6. The van der Waals surface area contributed by atoms with Crippen molar-refractivity contribution in [2.24, 2.45) is 0 Å². The number of amides is 1. The van der Waals surface area contributed by atoms with Crippen molar-refractivity contribution >= 4 is 25.4 Å². The summed E-state index contributed by atoms with van der Waals surface area (Å²) in [4.78, 5) is 22.7. The van der Waals surface area contributed by atoms with Crippen LogP contribution in [0.2, 0.25) is 0 Å². The van der Waals surface area contributed by atoms with Crippen LogP contribution in [0.15, 0.2) is 0 Å². The fraction of sp³-hybridized carbons (Fsp3) is 0.867. The van der Waals surface area contributed by atoms with E-state index in [1.807, 2.05) is 0 Å². The number of rotatable bonds is 11. The Hall–Kier alpha value is -0.750. The summed E-state index contributed by atoms with van der Waals surface area (Å²) < 4.78 is 10.2. The van der Waals surface area contributed by atoms with Crippen molar-refractivity contribution in [1.82, 2.24) is 5.32 Å². The van der Waals surface area contributed by atoms with Gasteiger partial charge < -0.3 is 14.8 Å². The molecule has 21 heavy (non-hydrogen) atoms. The molecule has 1 rings (SSSR count). The second kappa shape index (κ2) is 13.0. The molecule has 1 aliphatic rings. The molecule has 124 valence electrons. The standard InChI is InChI=1S/C15H27NO4.H2S/c1-2-3-4-5-6-7-10-19-11-9-14(17)16-13-8-12-20-15(13)18;/h13H,2-12H2,1H3,(H,16,17);1H2/t13-;/m0./s1. The van der Waals surface area contributed by atoms with Crippen molar-refractivity contribution in [3.8, 4) is 0 Å². The van der Waals surface area contributed by atoms with Gasteiger partial charge in [0.25, 0.3) is 0 Å². The zero-order valence-electron chi connectivity index (χ0n) is 13.0. The lowest BCUT2D eigenvalue weighted by Gasteiger charge is -2.09. The first-order valence-corrected chi connectivity index (χ1v) is 7.77. The number of carbonyl (C=O) groups excluding carboxylic acids is 2. The van der Waals surface area contributed by atoms with E-state index in [1.54, 1.807) is 0 Å². The molecular formula is C15H29NO4S. The summed E-state index contributed by atoms with van der Waals surface area (Å²) in [6.45, 7) is 3.74. The minimum Gasteiger partial charge on any atom is -0.464 e. The van der Waals surface area contributed by atoms with Gasteiger partial charge in [-0.2, -0.15) is 13.5 Å². The Morgan fingerprint density at radius 2 is 1.95 bits per heavy atom. The van der Waals surface area contributed by atoms with E-state index in [1.165, 1.54) is 32.1 Å². The summed E-state index contributed by atoms with van der Waals surface area (Å²) in [7, 11) is 0. The van der Waals surface area contributed by atoms with Crippen LogP contribution in [-0.4, -0.2) is 37.7 Å². The minimum atomic E-state index is -0.457. The van der Waals surface area contributed by atoms with Crippen LogP contribution in [0, 0.1) is 0 Å². The van der Waals surface area contributed by atoms with Crippen LogP contribution < -0.4 is 5.32 Å². The molecule has 1 amide bonds. The second-order valence-corrected chi connectivity index (χ2v) is 5.21. The monoisotopic (exact) mass is 319 g/mol. The number of ether oxygens (including phenoxy) is 2. The molecule has 1 heterocycles. The molecule has 0 aromatic rings. The average molecular weight is 319 g/mol. The highest BCUT2D eigenvalue weighted by molar-refractivity contribution is 7.59. The van der Waals surface area contributed by atoms with Crippen molar-refractivity contribution in [1.29, 1.82) is 0 Å². The van der Waals surface area contributed by atoms with Crippen LogP contribution in [0.1, 0.15) is 58.3 Å². The van der Waals surface area contributed by atoms with E-state index in [2.05, 4.69) is 12.2 Å². The van der Waals surface area contributed by atoms with Crippen molar-refractivity contribution in [3.05, 3.63) is 0 Å². The molecule has 0 spiro atoms. The van der Waals surface area contributed by atoms with E-state index in [0.29, 0.717) is 32.7 Å². The molecule has 0 radical (unpaired) electrons. The summed E-state index contributed by atoms with van der Waals surface area (Å²) >= 11 is 0. The van der Waals surface area contributed by atoms with Crippen LogP contribution in [0.5, 0.6) is 0 Å². The van der Waals surface area contributed by atoms with Gasteiger partial charge >= 0.3 is 5.97 Å². The lowest BCUT2D eigenvalue weighted by molar-refractivity contribution is -0.141. The highest BCUT2D eigenvalue weighted by Gasteiger charge is 2.27. The summed E-state index contributed by atoms with van der Waals surface area (Å²) in [5.74, 6) is -0.469. The van der Waals surface area contributed by atoms with E-state index in [0.717, 1.165) is 6.42 Å². The summed E-state index contributed by atoms with van der Waals surface area (Å²) in [5.41, 5.74) is 0. The lowest BCUT2D eigenvalue weighted by Crippen LogP contribution is -2.38. The van der Waals surface area contributed by atoms with Gasteiger partial charge in [0.1, 0.15) is 6.04 Å². The highest BCUT2D eigenvalue weighted by atomic mass is 32.1. The third-order valence-electron chi connectivity index (χ3n) is 3.39. The topological polar surface area (TPSA) is 64.6 Å². The number of cyclic esters (lactones) is 1. The Labute approximate surface area is 134 Å². The SMILES string of the molecule is CCCCCCCCOCCC(=O)N[C@H]1CCOC1=O.S. The van der Waals surface area contributed by atoms with Gasteiger partial charge in [0, 0.05) is 19.4 Å². The zero-order valence-corrected chi connectivity index (χ0v) is 14.0. The minimum absolute atomic E-state index is 0. The van der Waals surface area contributed by atoms with Gasteiger partial charge in [-0.25, -0.2) is 4.79 Å².